The van der Waals surface area contributed by atoms with Crippen molar-refractivity contribution in [1.82, 2.24) is 15.1 Å². The molecule has 7 aromatic rings. The second-order valence-corrected chi connectivity index (χ2v) is 18.8. The summed E-state index contributed by atoms with van der Waals surface area (Å²) >= 11 is 4.97. The molecule has 0 atom stereocenters. The maximum absolute atomic E-state index is 12.5. The highest BCUT2D eigenvalue weighted by Gasteiger charge is 2.20. The van der Waals surface area contributed by atoms with Crippen LogP contribution in [0.4, 0.5) is 46.7 Å². The summed E-state index contributed by atoms with van der Waals surface area (Å²) in [6, 6.07) is 65.9. The Morgan fingerprint density at radius 2 is 0.685 bits per heavy atom. The molecular weight excluding hydrogens is 1200 g/mol. The van der Waals surface area contributed by atoms with Crippen molar-refractivity contribution in [2.45, 2.75) is 33.7 Å². The van der Waals surface area contributed by atoms with Gasteiger partial charge in [0.1, 0.15) is 33.0 Å². The van der Waals surface area contributed by atoms with E-state index in [0.717, 1.165) is 28.1 Å². The molecule has 0 saturated carbocycles. The molecule has 22 nitrogen and oxygen atoms in total. The number of nitrogens with zero attached hydrogens (tertiary/aromatic N) is 4. The number of likely N-dealkylation sites (N-methyl/N-ethyl adjacent to an activating group) is 3. The number of hydrogen-bond donors (Lipinski definition) is 8. The van der Waals surface area contributed by atoms with Crippen molar-refractivity contribution in [1.29, 1.82) is 0 Å². The molecule has 0 aliphatic rings. The zero-order chi connectivity index (χ0) is 67.7. The van der Waals surface area contributed by atoms with E-state index in [2.05, 4.69) is 20.7 Å². The predicted octanol–water partition coefficient (Wildman–Crippen LogP) is 10.7. The van der Waals surface area contributed by atoms with Crippen LogP contribution in [-0.2, 0) is 43.5 Å². The van der Waals surface area contributed by atoms with Gasteiger partial charge in [0.25, 0.3) is 0 Å². The number of anilines is 4. The summed E-state index contributed by atoms with van der Waals surface area (Å²) in [5, 5.41) is 52.0. The fourth-order valence-electron chi connectivity index (χ4n) is 6.96. The van der Waals surface area contributed by atoms with E-state index in [1.807, 2.05) is 202 Å². The van der Waals surface area contributed by atoms with Gasteiger partial charge in [0.2, 0.25) is 0 Å². The fourth-order valence-corrected chi connectivity index (χ4v) is 7.02. The van der Waals surface area contributed by atoms with Gasteiger partial charge in [-0.2, -0.15) is 0 Å². The van der Waals surface area contributed by atoms with E-state index in [1.54, 1.807) is 38.4 Å². The number of carbonyl (C=O) groups is 5. The first kappa shape index (κ1) is 80.8. The maximum atomic E-state index is 12.5. The number of hydrogen-bond acceptors (Lipinski definition) is 18. The number of amides is 4. The first-order valence-corrected chi connectivity index (χ1v) is 30.1. The lowest BCUT2D eigenvalue weighted by atomic mass is 10.2. The standard InChI is InChI=1S/C20H24N2O5.C16H17NO3.C12H18N2O3.C8H7ClO2.C8H11NO.C3H9NO.C2H6/c1-21(12-14-23)19(24)26-15-13-22(18-10-6-3-7-11-18)20(25)27-16-17-8-4-2-5-9-17;18-12-11-17(15-9-5-2-6-10-15)16(19)20-13-14-7-3-1-4-8-14;1-14(8-9-15)12(16)17-10-7-13-11-5-3-2-4-6-11;9-8(10)11-6-7-4-2-1-3-5-7;10-7-6-9-8-4-2-1-3-5-8;1-4-2-3-5;1-2/h2-11,23H,12-16H2,1H3;1-10,18H,11-13H2;2-6,13,15H,7-10H2,1H3;1-5H,6H2;1-5,9-10H,6-7H2;4-5H,2-3H2,1H3;1-2H3. The molecule has 0 radical (unpaired) electrons. The van der Waals surface area contributed by atoms with Gasteiger partial charge in [0, 0.05) is 81.2 Å². The summed E-state index contributed by atoms with van der Waals surface area (Å²) in [5.74, 6) is 0. The lowest BCUT2D eigenvalue weighted by molar-refractivity contribution is 0.104. The number of ether oxygens (including phenoxy) is 5. The van der Waals surface area contributed by atoms with Crippen molar-refractivity contribution in [2.75, 3.05) is 134 Å². The lowest BCUT2D eigenvalue weighted by Crippen LogP contribution is -2.37. The summed E-state index contributed by atoms with van der Waals surface area (Å²) in [5.41, 5.74) is 5.38. The molecule has 4 amide bonds. The minimum Gasteiger partial charge on any atom is -0.449 e. The summed E-state index contributed by atoms with van der Waals surface area (Å²) < 4.78 is 25.4. The number of para-hydroxylation sites is 4. The highest BCUT2D eigenvalue weighted by Crippen LogP contribution is 2.17. The molecule has 0 heterocycles. The number of aliphatic hydroxyl groups excluding tert-OH is 5. The zero-order valence-electron chi connectivity index (χ0n) is 53.2. The number of nitrogens with one attached hydrogen (secondary N) is 3. The van der Waals surface area contributed by atoms with Crippen LogP contribution < -0.4 is 25.8 Å². The van der Waals surface area contributed by atoms with Gasteiger partial charge in [-0.25, -0.2) is 24.0 Å². The summed E-state index contributed by atoms with van der Waals surface area (Å²) in [7, 11) is 4.92. The molecule has 23 heteroatoms. The summed E-state index contributed by atoms with van der Waals surface area (Å²) in [6.07, 6.45) is -1.97. The molecule has 0 spiro atoms. The Balaban J connectivity index is 0.000000581. The van der Waals surface area contributed by atoms with Crippen molar-refractivity contribution in [3.05, 3.63) is 229 Å². The van der Waals surface area contributed by atoms with E-state index in [4.69, 9.17) is 56.1 Å². The molecular formula is C69H92ClN7O15. The van der Waals surface area contributed by atoms with Crippen LogP contribution in [0.5, 0.6) is 0 Å². The molecule has 7 rings (SSSR count). The third kappa shape index (κ3) is 39.7. The highest BCUT2D eigenvalue weighted by atomic mass is 35.5. The average Bonchev–Trinajstić information content (AvgIpc) is 2.26. The molecule has 0 saturated heterocycles. The molecule has 0 aromatic heterocycles. The van der Waals surface area contributed by atoms with Crippen molar-refractivity contribution in [3.63, 3.8) is 0 Å². The monoisotopic (exact) mass is 1290 g/mol. The molecule has 0 bridgehead atoms. The Morgan fingerprint density at radius 3 is 1.01 bits per heavy atom. The van der Waals surface area contributed by atoms with Crippen LogP contribution in [-0.4, -0.2) is 178 Å². The van der Waals surface area contributed by atoms with Crippen LogP contribution in [0.3, 0.4) is 0 Å². The van der Waals surface area contributed by atoms with Gasteiger partial charge in [-0.1, -0.05) is 178 Å². The third-order valence-corrected chi connectivity index (χ3v) is 11.7. The van der Waals surface area contributed by atoms with E-state index in [0.29, 0.717) is 37.6 Å². The lowest BCUT2D eigenvalue weighted by Gasteiger charge is -2.23. The number of rotatable bonds is 26. The van der Waals surface area contributed by atoms with Gasteiger partial charge in [0.05, 0.1) is 46.1 Å². The number of benzene rings is 7. The number of halogens is 1. The average molecular weight is 1290 g/mol. The van der Waals surface area contributed by atoms with Crippen LogP contribution in [0, 0.1) is 0 Å². The van der Waals surface area contributed by atoms with Crippen molar-refractivity contribution >= 4 is 64.2 Å². The second kappa shape index (κ2) is 54.7. The first-order chi connectivity index (χ1) is 44.8. The minimum absolute atomic E-state index is 0.00390. The molecule has 7 aromatic carbocycles. The topological polar surface area (TPSA) is 282 Å². The van der Waals surface area contributed by atoms with Crippen LogP contribution in [0.1, 0.15) is 30.5 Å². The smallest absolute Gasteiger partial charge is 0.414 e. The molecule has 0 aliphatic heterocycles. The van der Waals surface area contributed by atoms with Crippen molar-refractivity contribution in [3.8, 4) is 0 Å². The molecule has 0 unspecified atom stereocenters. The predicted molar refractivity (Wildman–Crippen MR) is 362 cm³/mol. The van der Waals surface area contributed by atoms with Gasteiger partial charge in [-0.05, 0) is 72.3 Å². The highest BCUT2D eigenvalue weighted by molar-refractivity contribution is 6.61. The maximum Gasteiger partial charge on any atom is 0.414 e. The van der Waals surface area contributed by atoms with Gasteiger partial charge >= 0.3 is 29.8 Å². The first-order valence-electron chi connectivity index (χ1n) is 29.8. The normalized spacial score (nSPS) is 9.60. The van der Waals surface area contributed by atoms with E-state index in [-0.39, 0.29) is 85.6 Å². The number of carbonyl (C=O) groups excluding carboxylic acids is 5. The zero-order valence-corrected chi connectivity index (χ0v) is 54.0. The van der Waals surface area contributed by atoms with Gasteiger partial charge in [-0.15, -0.1) is 0 Å². The van der Waals surface area contributed by atoms with Crippen LogP contribution in [0.2, 0.25) is 0 Å². The quantitative estimate of drug-likeness (QED) is 0.0142. The molecule has 0 aliphatic carbocycles. The second-order valence-electron chi connectivity index (χ2n) is 18.4. The molecule has 92 heavy (non-hydrogen) atoms. The summed E-state index contributed by atoms with van der Waals surface area (Å²) in [6.45, 7) is 7.68. The van der Waals surface area contributed by atoms with E-state index >= 15 is 0 Å². The van der Waals surface area contributed by atoms with Crippen molar-refractivity contribution in [2.24, 2.45) is 0 Å². The SMILES string of the molecule is CC.CN(CCO)C(=O)OCCN(C(=O)OCc1ccccc1)c1ccccc1.CN(CCO)C(=O)OCCNc1ccccc1.CNCCO.O=C(Cl)OCc1ccccc1.O=C(OCc1ccccc1)N(CCO)c1ccccc1.OCCNc1ccccc1. The Bertz CT molecular complexity index is 2900. The largest absolute Gasteiger partial charge is 0.449 e. The Kier molecular flexibility index (Phi) is 48.0. The molecule has 0 fully saturated rings. The molecule has 500 valence electrons. The van der Waals surface area contributed by atoms with Gasteiger partial charge < -0.3 is 75.0 Å². The van der Waals surface area contributed by atoms with E-state index in [1.165, 1.54) is 26.6 Å². The Hall–Kier alpha value is -9.26. The van der Waals surface area contributed by atoms with Crippen LogP contribution >= 0.6 is 11.6 Å². The third-order valence-electron chi connectivity index (χ3n) is 11.5. The van der Waals surface area contributed by atoms with E-state index in [9.17, 15) is 24.0 Å². The van der Waals surface area contributed by atoms with Gasteiger partial charge in [0.15, 0.2) is 0 Å². The van der Waals surface area contributed by atoms with E-state index < -0.39 is 29.8 Å². The fraction of sp³-hybridized carbons (Fsp3) is 0.319. The summed E-state index contributed by atoms with van der Waals surface area (Å²) in [4.78, 5) is 63.3. The van der Waals surface area contributed by atoms with Crippen LogP contribution in [0.25, 0.3) is 0 Å². The number of aliphatic hydroxyl groups is 5. The van der Waals surface area contributed by atoms with Gasteiger partial charge in [-0.3, -0.25) is 9.80 Å². The Labute approximate surface area is 546 Å². The Morgan fingerprint density at radius 1 is 0.370 bits per heavy atom. The van der Waals surface area contributed by atoms with Crippen molar-refractivity contribution < 1.29 is 73.2 Å². The minimum atomic E-state index is -0.770. The molecule has 8 N–H and O–H groups in total. The van der Waals surface area contributed by atoms with Crippen LogP contribution in [0.15, 0.2) is 212 Å².